The lowest BCUT2D eigenvalue weighted by Gasteiger charge is -2.33. The summed E-state index contributed by atoms with van der Waals surface area (Å²) in [6.45, 7) is 3.83. The Hall–Kier alpha value is -1.62. The Balaban J connectivity index is 1.95. The van der Waals surface area contributed by atoms with Crippen molar-refractivity contribution in [3.05, 3.63) is 35.1 Å². The van der Waals surface area contributed by atoms with Crippen LogP contribution in [0.1, 0.15) is 50.2 Å². The van der Waals surface area contributed by atoms with E-state index in [9.17, 15) is 4.39 Å². The van der Waals surface area contributed by atoms with E-state index in [1.807, 2.05) is 0 Å². The third-order valence-electron chi connectivity index (χ3n) is 4.30. The van der Waals surface area contributed by atoms with Gasteiger partial charge in [0.25, 0.3) is 0 Å². The van der Waals surface area contributed by atoms with Gasteiger partial charge in [0.15, 0.2) is 5.84 Å². The minimum absolute atomic E-state index is 0.0741. The molecule has 1 saturated carbocycles. The molecule has 0 spiro atoms. The topological polar surface area (TPSA) is 70.6 Å². The van der Waals surface area contributed by atoms with Crippen molar-refractivity contribution in [3.63, 3.8) is 0 Å². The van der Waals surface area contributed by atoms with Gasteiger partial charge in [-0.15, -0.1) is 0 Å². The van der Waals surface area contributed by atoms with Crippen LogP contribution < -0.4 is 11.1 Å². The molecule has 0 aromatic heterocycles. The largest absolute Gasteiger partial charge is 0.409 e. The van der Waals surface area contributed by atoms with Crippen LogP contribution >= 0.6 is 0 Å². The van der Waals surface area contributed by atoms with Gasteiger partial charge in [0.2, 0.25) is 0 Å². The average Bonchev–Trinajstić information content (AvgIpc) is 2.46. The lowest BCUT2D eigenvalue weighted by Crippen LogP contribution is -2.33. The molecule has 0 heterocycles. The summed E-state index contributed by atoms with van der Waals surface area (Å²) in [5, 5.41) is 15.0. The maximum atomic E-state index is 13.6. The number of benzene rings is 1. The number of nitrogens with two attached hydrogens (primary N) is 1. The van der Waals surface area contributed by atoms with E-state index in [4.69, 9.17) is 10.9 Å². The van der Waals surface area contributed by atoms with E-state index in [0.717, 1.165) is 12.1 Å². The number of nitrogens with zero attached hydrogens (tertiary/aromatic N) is 1. The summed E-state index contributed by atoms with van der Waals surface area (Å²) >= 11 is 0. The van der Waals surface area contributed by atoms with Crippen molar-refractivity contribution in [2.45, 2.75) is 45.6 Å². The Kier molecular flexibility index (Phi) is 5.17. The van der Waals surface area contributed by atoms with E-state index < -0.39 is 0 Å². The molecular weight excluding hydrogens is 269 g/mol. The van der Waals surface area contributed by atoms with Crippen LogP contribution in [0, 0.1) is 11.2 Å². The highest BCUT2D eigenvalue weighted by Gasteiger charge is 2.25. The molecule has 21 heavy (non-hydrogen) atoms. The molecule has 116 valence electrons. The first-order chi connectivity index (χ1) is 10.0. The SMILES string of the molecule is CC1(CNCc2cc(F)cc(/C(N)=N/O)c2)CCCCC1. The molecule has 0 amide bonds. The first-order valence-corrected chi connectivity index (χ1v) is 7.50. The number of rotatable bonds is 5. The number of hydrogen-bond donors (Lipinski definition) is 3. The molecule has 2 rings (SSSR count). The maximum Gasteiger partial charge on any atom is 0.170 e. The maximum absolute atomic E-state index is 13.6. The highest BCUT2D eigenvalue weighted by molar-refractivity contribution is 5.97. The van der Waals surface area contributed by atoms with E-state index in [-0.39, 0.29) is 11.7 Å². The van der Waals surface area contributed by atoms with E-state index >= 15 is 0 Å². The minimum Gasteiger partial charge on any atom is -0.409 e. The highest BCUT2D eigenvalue weighted by atomic mass is 19.1. The van der Waals surface area contributed by atoms with Crippen molar-refractivity contribution in [1.29, 1.82) is 0 Å². The molecule has 0 radical (unpaired) electrons. The van der Waals surface area contributed by atoms with Gasteiger partial charge in [-0.1, -0.05) is 31.3 Å². The summed E-state index contributed by atoms with van der Waals surface area (Å²) < 4.78 is 13.6. The number of nitrogens with one attached hydrogen (secondary N) is 1. The molecular formula is C16H24FN3O. The van der Waals surface area contributed by atoms with Gasteiger partial charge in [0, 0.05) is 18.7 Å². The first kappa shape index (κ1) is 15.8. The van der Waals surface area contributed by atoms with E-state index in [0.29, 0.717) is 17.5 Å². The molecule has 1 aromatic carbocycles. The van der Waals surface area contributed by atoms with Crippen molar-refractivity contribution in [2.75, 3.05) is 6.54 Å². The fraction of sp³-hybridized carbons (Fsp3) is 0.562. The van der Waals surface area contributed by atoms with Crippen LogP contribution in [0.4, 0.5) is 4.39 Å². The quantitative estimate of drug-likeness (QED) is 0.338. The highest BCUT2D eigenvalue weighted by Crippen LogP contribution is 2.34. The molecule has 5 heteroatoms. The lowest BCUT2D eigenvalue weighted by molar-refractivity contribution is 0.207. The normalized spacial score (nSPS) is 18.7. The second kappa shape index (κ2) is 6.89. The molecule has 1 fully saturated rings. The number of amidine groups is 1. The second-order valence-corrected chi connectivity index (χ2v) is 6.31. The van der Waals surface area contributed by atoms with Gasteiger partial charge >= 0.3 is 0 Å². The average molecular weight is 293 g/mol. The van der Waals surface area contributed by atoms with Gasteiger partial charge < -0.3 is 16.3 Å². The van der Waals surface area contributed by atoms with Crippen LogP contribution in [-0.2, 0) is 6.54 Å². The molecule has 4 nitrogen and oxygen atoms in total. The van der Waals surface area contributed by atoms with Crippen molar-refractivity contribution in [2.24, 2.45) is 16.3 Å². The zero-order chi connectivity index (χ0) is 15.3. The van der Waals surface area contributed by atoms with E-state index in [2.05, 4.69) is 17.4 Å². The van der Waals surface area contributed by atoms with E-state index in [1.165, 1.54) is 44.2 Å². The van der Waals surface area contributed by atoms with E-state index in [1.54, 1.807) is 6.07 Å². The van der Waals surface area contributed by atoms with Gasteiger partial charge in [0.1, 0.15) is 5.82 Å². The molecule has 1 aromatic rings. The number of halogens is 1. The van der Waals surface area contributed by atoms with Crippen LogP contribution in [0.5, 0.6) is 0 Å². The second-order valence-electron chi connectivity index (χ2n) is 6.31. The van der Waals surface area contributed by atoms with Crippen molar-refractivity contribution >= 4 is 5.84 Å². The standard InChI is InChI=1S/C16H24FN3O/c1-16(5-3-2-4-6-16)11-19-10-12-7-13(15(18)20-21)9-14(17)8-12/h7-9,19,21H,2-6,10-11H2,1H3,(H2,18,20). The summed E-state index contributed by atoms with van der Waals surface area (Å²) in [4.78, 5) is 0. The Morgan fingerprint density at radius 3 is 2.71 bits per heavy atom. The van der Waals surface area contributed by atoms with Crippen molar-refractivity contribution < 1.29 is 9.60 Å². The van der Waals surface area contributed by atoms with Crippen molar-refractivity contribution in [1.82, 2.24) is 5.32 Å². The molecule has 0 bridgehead atoms. The zero-order valence-corrected chi connectivity index (χ0v) is 12.5. The lowest BCUT2D eigenvalue weighted by atomic mass is 9.76. The van der Waals surface area contributed by atoms with Crippen molar-refractivity contribution in [3.8, 4) is 0 Å². The summed E-state index contributed by atoms with van der Waals surface area (Å²) in [6.07, 6.45) is 6.43. The van der Waals surface area contributed by atoms with Crippen LogP contribution in [0.15, 0.2) is 23.4 Å². The number of oxime groups is 1. The predicted molar refractivity (Wildman–Crippen MR) is 81.8 cm³/mol. The fourth-order valence-electron chi connectivity index (χ4n) is 3.05. The third-order valence-corrected chi connectivity index (χ3v) is 4.30. The summed E-state index contributed by atoms with van der Waals surface area (Å²) in [6, 6.07) is 4.49. The van der Waals surface area contributed by atoms with Gasteiger partial charge in [-0.2, -0.15) is 0 Å². The molecule has 0 atom stereocenters. The molecule has 1 aliphatic rings. The molecule has 0 saturated heterocycles. The van der Waals surface area contributed by atoms with Gasteiger partial charge in [-0.05, 0) is 42.0 Å². The molecule has 1 aliphatic carbocycles. The summed E-state index contributed by atoms with van der Waals surface area (Å²) in [5.74, 6) is -0.449. The van der Waals surface area contributed by atoms with Gasteiger partial charge in [0.05, 0.1) is 0 Å². The smallest absolute Gasteiger partial charge is 0.170 e. The Labute approximate surface area is 125 Å². The summed E-state index contributed by atoms with van der Waals surface area (Å²) in [5.41, 5.74) is 7.06. The monoisotopic (exact) mass is 293 g/mol. The number of hydrogen-bond acceptors (Lipinski definition) is 3. The molecule has 4 N–H and O–H groups in total. The van der Waals surface area contributed by atoms with Crippen LogP contribution in [0.25, 0.3) is 0 Å². The zero-order valence-electron chi connectivity index (χ0n) is 12.5. The third kappa shape index (κ3) is 4.43. The minimum atomic E-state index is -0.375. The van der Waals surface area contributed by atoms with Gasteiger partial charge in [-0.3, -0.25) is 0 Å². The van der Waals surface area contributed by atoms with Crippen LogP contribution in [0.3, 0.4) is 0 Å². The molecule has 0 unspecified atom stereocenters. The Morgan fingerprint density at radius 1 is 1.33 bits per heavy atom. The fourth-order valence-corrected chi connectivity index (χ4v) is 3.05. The summed E-state index contributed by atoms with van der Waals surface area (Å²) in [7, 11) is 0. The van der Waals surface area contributed by atoms with Crippen LogP contribution in [-0.4, -0.2) is 17.6 Å². The molecule has 0 aliphatic heterocycles. The van der Waals surface area contributed by atoms with Crippen LogP contribution in [0.2, 0.25) is 0 Å². The van der Waals surface area contributed by atoms with Gasteiger partial charge in [-0.25, -0.2) is 4.39 Å². The first-order valence-electron chi connectivity index (χ1n) is 7.50. The predicted octanol–water partition coefficient (Wildman–Crippen LogP) is 2.98. The Bertz CT molecular complexity index is 510. The Morgan fingerprint density at radius 2 is 2.05 bits per heavy atom.